The quantitative estimate of drug-likeness (QED) is 0.861. The molecule has 0 amide bonds. The molecule has 0 aromatic heterocycles. The van der Waals surface area contributed by atoms with Crippen molar-refractivity contribution < 1.29 is 13.2 Å². The molecule has 2 aliphatic rings. The number of rotatable bonds is 3. The molecule has 4 nitrogen and oxygen atoms in total. The van der Waals surface area contributed by atoms with Crippen LogP contribution in [-0.4, -0.2) is 38.5 Å². The second kappa shape index (κ2) is 4.80. The third-order valence-electron chi connectivity index (χ3n) is 5.13. The highest BCUT2D eigenvalue weighted by Crippen LogP contribution is 2.55. The number of hydrogen-bond donors (Lipinski definition) is 0. The Balaban J connectivity index is 1.91. The lowest BCUT2D eigenvalue weighted by atomic mass is 9.57. The fraction of sp³-hybridized carbons (Fsp3) is 0.625. The Hall–Kier alpha value is -0.910. The van der Waals surface area contributed by atoms with E-state index in [1.165, 1.54) is 0 Å². The van der Waals surface area contributed by atoms with Crippen molar-refractivity contribution in [1.29, 1.82) is 0 Å². The Bertz CT molecular complexity index is 636. The van der Waals surface area contributed by atoms with Gasteiger partial charge < -0.3 is 4.74 Å². The molecule has 1 saturated heterocycles. The minimum absolute atomic E-state index is 0.0105. The minimum atomic E-state index is -3.45. The average molecular weight is 309 g/mol. The molecule has 1 aromatic carbocycles. The van der Waals surface area contributed by atoms with Crippen LogP contribution < -0.4 is 0 Å². The second-order valence-electron chi connectivity index (χ2n) is 6.84. The number of benzene rings is 1. The zero-order valence-corrected chi connectivity index (χ0v) is 13.9. The summed E-state index contributed by atoms with van der Waals surface area (Å²) < 4.78 is 33.0. The smallest absolute Gasteiger partial charge is 0.243 e. The summed E-state index contributed by atoms with van der Waals surface area (Å²) in [6.07, 6.45) is 1.14. The SMILES string of the molecule is Cc1ccc(S(=O)(=O)N(C)[C@@H]2[C@@H]3CCO[C@@H]3C2(C)C)cc1. The fourth-order valence-electron chi connectivity index (χ4n) is 4.06. The lowest BCUT2D eigenvalue weighted by molar-refractivity contribution is -0.131. The average Bonchev–Trinajstić information content (AvgIpc) is 2.85. The van der Waals surface area contributed by atoms with Gasteiger partial charge in [0.15, 0.2) is 0 Å². The number of sulfonamides is 1. The number of aryl methyl sites for hydroxylation is 1. The molecule has 0 unspecified atom stereocenters. The molecule has 3 rings (SSSR count). The van der Waals surface area contributed by atoms with Crippen LogP contribution in [0.4, 0.5) is 0 Å². The number of ether oxygens (including phenoxy) is 1. The Labute approximate surface area is 127 Å². The van der Waals surface area contributed by atoms with Gasteiger partial charge in [-0.25, -0.2) is 8.42 Å². The van der Waals surface area contributed by atoms with E-state index in [2.05, 4.69) is 13.8 Å². The molecule has 116 valence electrons. The highest BCUT2D eigenvalue weighted by Gasteiger charge is 2.62. The van der Waals surface area contributed by atoms with E-state index in [4.69, 9.17) is 4.74 Å². The van der Waals surface area contributed by atoms with E-state index in [9.17, 15) is 8.42 Å². The largest absolute Gasteiger partial charge is 0.377 e. The Morgan fingerprint density at radius 1 is 1.24 bits per heavy atom. The van der Waals surface area contributed by atoms with E-state index in [1.54, 1.807) is 23.5 Å². The molecule has 0 radical (unpaired) electrons. The summed E-state index contributed by atoms with van der Waals surface area (Å²) in [6.45, 7) is 6.90. The van der Waals surface area contributed by atoms with Crippen LogP contribution in [0.2, 0.25) is 0 Å². The van der Waals surface area contributed by atoms with Crippen LogP contribution in [0.3, 0.4) is 0 Å². The van der Waals surface area contributed by atoms with Crippen molar-refractivity contribution in [3.8, 4) is 0 Å². The number of fused-ring (bicyclic) bond motifs is 1. The second-order valence-corrected chi connectivity index (χ2v) is 8.84. The van der Waals surface area contributed by atoms with Gasteiger partial charge in [0.1, 0.15) is 0 Å². The van der Waals surface area contributed by atoms with Crippen LogP contribution in [0, 0.1) is 18.3 Å². The van der Waals surface area contributed by atoms with Gasteiger partial charge in [0.2, 0.25) is 10.0 Å². The Kier molecular flexibility index (Phi) is 3.43. The number of nitrogens with zero attached hydrogens (tertiary/aromatic N) is 1. The van der Waals surface area contributed by atoms with Crippen molar-refractivity contribution >= 4 is 10.0 Å². The van der Waals surface area contributed by atoms with Crippen LogP contribution >= 0.6 is 0 Å². The first kappa shape index (κ1) is 15.0. The highest BCUT2D eigenvalue weighted by atomic mass is 32.2. The summed E-state index contributed by atoms with van der Waals surface area (Å²) in [5.41, 5.74) is 0.929. The predicted octanol–water partition coefficient (Wildman–Crippen LogP) is 2.43. The molecule has 2 fully saturated rings. The molecule has 1 aliphatic carbocycles. The molecule has 0 spiro atoms. The molecule has 0 N–H and O–H groups in total. The van der Waals surface area contributed by atoms with Crippen LogP contribution in [0.25, 0.3) is 0 Å². The van der Waals surface area contributed by atoms with Gasteiger partial charge in [-0.1, -0.05) is 31.5 Å². The molecule has 1 saturated carbocycles. The zero-order valence-electron chi connectivity index (χ0n) is 13.0. The maximum absolute atomic E-state index is 12.8. The third-order valence-corrected chi connectivity index (χ3v) is 6.98. The van der Waals surface area contributed by atoms with E-state index in [1.807, 2.05) is 19.1 Å². The number of hydrogen-bond acceptors (Lipinski definition) is 3. The molecule has 3 atom stereocenters. The molecular weight excluding hydrogens is 286 g/mol. The zero-order chi connectivity index (χ0) is 15.4. The van der Waals surface area contributed by atoms with Crippen LogP contribution in [-0.2, 0) is 14.8 Å². The van der Waals surface area contributed by atoms with Crippen LogP contribution in [0.15, 0.2) is 29.2 Å². The normalized spacial score (nSPS) is 31.0. The van der Waals surface area contributed by atoms with Crippen molar-refractivity contribution in [2.24, 2.45) is 11.3 Å². The van der Waals surface area contributed by atoms with E-state index in [0.29, 0.717) is 10.8 Å². The van der Waals surface area contributed by atoms with E-state index >= 15 is 0 Å². The summed E-state index contributed by atoms with van der Waals surface area (Å²) in [5, 5.41) is 0. The Morgan fingerprint density at radius 2 is 1.86 bits per heavy atom. The standard InChI is InChI=1S/C16H23NO3S/c1-11-5-7-12(8-6-11)21(18,19)17(4)14-13-9-10-20-15(13)16(14,2)3/h5-8,13-15H,9-10H2,1-4H3/t13-,14+,15-/m0/s1. The van der Waals surface area contributed by atoms with Gasteiger partial charge in [0.05, 0.1) is 11.0 Å². The molecule has 21 heavy (non-hydrogen) atoms. The fourth-order valence-corrected chi connectivity index (χ4v) is 5.60. The lowest BCUT2D eigenvalue weighted by Gasteiger charge is -2.57. The first-order chi connectivity index (χ1) is 9.76. The predicted molar refractivity (Wildman–Crippen MR) is 81.5 cm³/mol. The molecule has 1 aliphatic heterocycles. The highest BCUT2D eigenvalue weighted by molar-refractivity contribution is 7.89. The summed E-state index contributed by atoms with van der Waals surface area (Å²) in [6, 6.07) is 7.07. The van der Waals surface area contributed by atoms with Crippen LogP contribution in [0.1, 0.15) is 25.8 Å². The minimum Gasteiger partial charge on any atom is -0.377 e. The van der Waals surface area contributed by atoms with E-state index in [0.717, 1.165) is 18.6 Å². The summed E-state index contributed by atoms with van der Waals surface area (Å²) >= 11 is 0. The molecular formula is C16H23NO3S. The maximum atomic E-state index is 12.8. The monoisotopic (exact) mass is 309 g/mol. The maximum Gasteiger partial charge on any atom is 0.243 e. The van der Waals surface area contributed by atoms with Crippen molar-refractivity contribution in [1.82, 2.24) is 4.31 Å². The van der Waals surface area contributed by atoms with Crippen LogP contribution in [0.5, 0.6) is 0 Å². The topological polar surface area (TPSA) is 46.6 Å². The Morgan fingerprint density at radius 3 is 2.48 bits per heavy atom. The third kappa shape index (κ3) is 2.14. The first-order valence-electron chi connectivity index (χ1n) is 7.42. The van der Waals surface area contributed by atoms with Crippen molar-refractivity contribution in [3.05, 3.63) is 29.8 Å². The van der Waals surface area contributed by atoms with Gasteiger partial charge in [-0.3, -0.25) is 0 Å². The lowest BCUT2D eigenvalue weighted by Crippen LogP contribution is -2.66. The van der Waals surface area contributed by atoms with E-state index in [-0.39, 0.29) is 17.6 Å². The van der Waals surface area contributed by atoms with Gasteiger partial charge in [0.25, 0.3) is 0 Å². The molecule has 0 bridgehead atoms. The van der Waals surface area contributed by atoms with Gasteiger partial charge in [-0.2, -0.15) is 4.31 Å². The van der Waals surface area contributed by atoms with E-state index < -0.39 is 10.0 Å². The van der Waals surface area contributed by atoms with Crippen molar-refractivity contribution in [2.45, 2.75) is 44.2 Å². The molecule has 1 aromatic rings. The van der Waals surface area contributed by atoms with Gasteiger partial charge in [-0.05, 0) is 25.5 Å². The first-order valence-corrected chi connectivity index (χ1v) is 8.86. The summed E-state index contributed by atoms with van der Waals surface area (Å²) in [5.74, 6) is 0.324. The van der Waals surface area contributed by atoms with Gasteiger partial charge in [0, 0.05) is 31.0 Å². The molecule has 1 heterocycles. The van der Waals surface area contributed by atoms with Crippen molar-refractivity contribution in [2.75, 3.05) is 13.7 Å². The van der Waals surface area contributed by atoms with Gasteiger partial charge >= 0.3 is 0 Å². The van der Waals surface area contributed by atoms with Crippen molar-refractivity contribution in [3.63, 3.8) is 0 Å². The van der Waals surface area contributed by atoms with Gasteiger partial charge in [-0.15, -0.1) is 0 Å². The molecule has 5 heteroatoms. The summed E-state index contributed by atoms with van der Waals surface area (Å²) in [4.78, 5) is 0.369. The summed E-state index contributed by atoms with van der Waals surface area (Å²) in [7, 11) is -1.74.